The van der Waals surface area contributed by atoms with E-state index in [9.17, 15) is 14.3 Å². The average molecular weight is 442 g/mol. The van der Waals surface area contributed by atoms with Crippen molar-refractivity contribution in [2.24, 2.45) is 0 Å². The van der Waals surface area contributed by atoms with E-state index in [-0.39, 0.29) is 5.82 Å². The first-order valence-corrected chi connectivity index (χ1v) is 10.9. The molecule has 3 aromatic carbocycles. The molecule has 0 saturated heterocycles. The molecule has 5 nitrogen and oxygen atoms in total. The molecule has 0 amide bonds. The molecule has 2 heterocycles. The number of hydrogen-bond acceptors (Lipinski definition) is 2. The zero-order chi connectivity index (χ0) is 22.8. The third kappa shape index (κ3) is 4.38. The summed E-state index contributed by atoms with van der Waals surface area (Å²) in [5.74, 6) is -1.13. The van der Waals surface area contributed by atoms with Gasteiger partial charge in [0.05, 0.1) is 0 Å². The van der Waals surface area contributed by atoms with Crippen LogP contribution in [-0.2, 0) is 24.3 Å². The number of carboxylic acid groups (broad SMARTS) is 1. The van der Waals surface area contributed by atoms with Crippen LogP contribution in [0.25, 0.3) is 21.8 Å². The van der Waals surface area contributed by atoms with Crippen molar-refractivity contribution in [3.05, 3.63) is 108 Å². The Balaban J connectivity index is 1.37. The van der Waals surface area contributed by atoms with Gasteiger partial charge < -0.3 is 14.7 Å². The van der Waals surface area contributed by atoms with Crippen molar-refractivity contribution >= 4 is 27.8 Å². The van der Waals surface area contributed by atoms with E-state index in [2.05, 4.69) is 14.9 Å². The van der Waals surface area contributed by atoms with Crippen LogP contribution >= 0.6 is 0 Å². The predicted octanol–water partition coefficient (Wildman–Crippen LogP) is 5.10. The quantitative estimate of drug-likeness (QED) is 0.314. The lowest BCUT2D eigenvalue weighted by atomic mass is 10.0. The van der Waals surface area contributed by atoms with Crippen molar-refractivity contribution in [2.75, 3.05) is 0 Å². The minimum absolute atomic E-state index is 0.254. The maximum Gasteiger partial charge on any atom is 0.321 e. The maximum absolute atomic E-state index is 13.3. The number of para-hydroxylation sites is 2. The molecule has 0 aliphatic rings. The van der Waals surface area contributed by atoms with E-state index in [1.165, 1.54) is 12.1 Å². The molecular formula is C27H24FN3O2. The monoisotopic (exact) mass is 441 g/mol. The van der Waals surface area contributed by atoms with Gasteiger partial charge >= 0.3 is 5.97 Å². The van der Waals surface area contributed by atoms with Crippen LogP contribution in [-0.4, -0.2) is 26.7 Å². The maximum atomic E-state index is 13.3. The Kier molecular flexibility index (Phi) is 5.67. The van der Waals surface area contributed by atoms with E-state index in [0.29, 0.717) is 19.5 Å². The Morgan fingerprint density at radius 2 is 1.70 bits per heavy atom. The van der Waals surface area contributed by atoms with Gasteiger partial charge in [-0.25, -0.2) is 4.39 Å². The van der Waals surface area contributed by atoms with E-state index in [0.717, 1.165) is 38.5 Å². The second-order valence-corrected chi connectivity index (χ2v) is 8.26. The lowest BCUT2D eigenvalue weighted by Crippen LogP contribution is -2.38. The molecular weight excluding hydrogens is 417 g/mol. The van der Waals surface area contributed by atoms with Gasteiger partial charge in [0.1, 0.15) is 11.9 Å². The molecule has 2 aromatic heterocycles. The number of hydrogen-bond donors (Lipinski definition) is 3. The molecule has 0 unspecified atom stereocenters. The van der Waals surface area contributed by atoms with Crippen LogP contribution in [0.2, 0.25) is 0 Å². The molecule has 0 spiro atoms. The second kappa shape index (κ2) is 8.92. The van der Waals surface area contributed by atoms with Gasteiger partial charge in [-0.2, -0.15) is 0 Å². The van der Waals surface area contributed by atoms with Gasteiger partial charge in [-0.05, 0) is 41.0 Å². The summed E-state index contributed by atoms with van der Waals surface area (Å²) in [6, 6.07) is 21.7. The smallest absolute Gasteiger partial charge is 0.321 e. The van der Waals surface area contributed by atoms with Crippen molar-refractivity contribution in [2.45, 2.75) is 25.6 Å². The summed E-state index contributed by atoms with van der Waals surface area (Å²) in [4.78, 5) is 15.2. The number of fused-ring (bicyclic) bond motifs is 2. The molecule has 0 radical (unpaired) electrons. The SMILES string of the molecule is O=C(O)[C@@H](Cc1c[nH]c2ccccc12)NCc1cn(Cc2ccc(F)cc2)c2ccccc12. The number of carbonyl (C=O) groups is 1. The molecule has 5 aromatic rings. The normalized spacial score (nSPS) is 12.4. The minimum atomic E-state index is -0.879. The molecule has 166 valence electrons. The van der Waals surface area contributed by atoms with Crippen LogP contribution in [0.3, 0.4) is 0 Å². The number of benzene rings is 3. The highest BCUT2D eigenvalue weighted by atomic mass is 19.1. The zero-order valence-corrected chi connectivity index (χ0v) is 18.0. The van der Waals surface area contributed by atoms with Crippen molar-refractivity contribution in [3.63, 3.8) is 0 Å². The largest absolute Gasteiger partial charge is 0.480 e. The van der Waals surface area contributed by atoms with Gasteiger partial charge in [0, 0.05) is 53.7 Å². The lowest BCUT2D eigenvalue weighted by Gasteiger charge is -2.14. The van der Waals surface area contributed by atoms with E-state index < -0.39 is 12.0 Å². The third-order valence-corrected chi connectivity index (χ3v) is 6.07. The number of rotatable bonds is 8. The first-order chi connectivity index (χ1) is 16.1. The summed E-state index contributed by atoms with van der Waals surface area (Å²) < 4.78 is 15.4. The van der Waals surface area contributed by atoms with Crippen LogP contribution in [0, 0.1) is 5.82 Å². The number of nitrogens with one attached hydrogen (secondary N) is 2. The summed E-state index contributed by atoms with van der Waals surface area (Å²) in [5, 5.41) is 15.2. The van der Waals surface area contributed by atoms with Crippen LogP contribution in [0.1, 0.15) is 16.7 Å². The van der Waals surface area contributed by atoms with E-state index in [4.69, 9.17) is 0 Å². The Bertz CT molecular complexity index is 1420. The summed E-state index contributed by atoms with van der Waals surface area (Å²) in [7, 11) is 0. The predicted molar refractivity (Wildman–Crippen MR) is 128 cm³/mol. The molecule has 6 heteroatoms. The fraction of sp³-hybridized carbons (Fsp3) is 0.148. The van der Waals surface area contributed by atoms with Crippen molar-refractivity contribution in [1.82, 2.24) is 14.9 Å². The van der Waals surface area contributed by atoms with E-state index >= 15 is 0 Å². The molecule has 1 atom stereocenters. The van der Waals surface area contributed by atoms with E-state index in [1.54, 1.807) is 12.1 Å². The van der Waals surface area contributed by atoms with E-state index in [1.807, 2.05) is 60.9 Å². The van der Waals surface area contributed by atoms with Gasteiger partial charge in [-0.15, -0.1) is 0 Å². The van der Waals surface area contributed by atoms with Crippen molar-refractivity contribution in [3.8, 4) is 0 Å². The number of aromatic amines is 1. The van der Waals surface area contributed by atoms with Gasteiger partial charge in [0.2, 0.25) is 0 Å². The van der Waals surface area contributed by atoms with Crippen LogP contribution in [0.5, 0.6) is 0 Å². The highest BCUT2D eigenvalue weighted by Gasteiger charge is 2.20. The Morgan fingerprint density at radius 1 is 0.970 bits per heavy atom. The topological polar surface area (TPSA) is 70.0 Å². The first-order valence-electron chi connectivity index (χ1n) is 10.9. The Labute approximate surface area is 190 Å². The lowest BCUT2D eigenvalue weighted by molar-refractivity contribution is -0.139. The number of nitrogens with zero attached hydrogens (tertiary/aromatic N) is 1. The summed E-state index contributed by atoms with van der Waals surface area (Å²) >= 11 is 0. The Hall–Kier alpha value is -3.90. The number of halogens is 1. The van der Waals surface area contributed by atoms with Crippen LogP contribution < -0.4 is 5.32 Å². The summed E-state index contributed by atoms with van der Waals surface area (Å²) in [5.41, 5.74) is 5.06. The van der Waals surface area contributed by atoms with Crippen molar-refractivity contribution in [1.29, 1.82) is 0 Å². The fourth-order valence-electron chi connectivity index (χ4n) is 4.38. The second-order valence-electron chi connectivity index (χ2n) is 8.26. The molecule has 33 heavy (non-hydrogen) atoms. The van der Waals surface area contributed by atoms with Crippen molar-refractivity contribution < 1.29 is 14.3 Å². The number of aromatic nitrogens is 2. The summed E-state index contributed by atoms with van der Waals surface area (Å²) in [6.45, 7) is 1.04. The molecule has 0 bridgehead atoms. The molecule has 0 fully saturated rings. The highest BCUT2D eigenvalue weighted by molar-refractivity contribution is 5.85. The molecule has 0 aliphatic heterocycles. The highest BCUT2D eigenvalue weighted by Crippen LogP contribution is 2.23. The first kappa shape index (κ1) is 21.0. The summed E-state index contributed by atoms with van der Waals surface area (Å²) in [6.07, 6.45) is 4.32. The number of aliphatic carboxylic acids is 1. The van der Waals surface area contributed by atoms with Crippen LogP contribution in [0.4, 0.5) is 4.39 Å². The van der Waals surface area contributed by atoms with Gasteiger partial charge in [-0.3, -0.25) is 10.1 Å². The zero-order valence-electron chi connectivity index (χ0n) is 18.0. The fourth-order valence-corrected chi connectivity index (χ4v) is 4.38. The standard InChI is InChI=1S/C27H24FN3O2/c28-21-11-9-18(10-12-21)16-31-17-20(23-6-2-4-8-26(23)31)15-30-25(27(32)33)13-19-14-29-24-7-3-1-5-22(19)24/h1-12,14,17,25,29-30H,13,15-16H2,(H,32,33)/t25-/m1/s1. The third-order valence-electron chi connectivity index (χ3n) is 6.07. The van der Waals surface area contributed by atoms with Gasteiger partial charge in [0.25, 0.3) is 0 Å². The Morgan fingerprint density at radius 3 is 2.48 bits per heavy atom. The number of carboxylic acids is 1. The minimum Gasteiger partial charge on any atom is -0.480 e. The van der Waals surface area contributed by atoms with Gasteiger partial charge in [-0.1, -0.05) is 48.5 Å². The average Bonchev–Trinajstić information content (AvgIpc) is 3.39. The molecule has 5 rings (SSSR count). The number of H-pyrrole nitrogens is 1. The molecule has 0 saturated carbocycles. The molecule has 0 aliphatic carbocycles. The van der Waals surface area contributed by atoms with Crippen LogP contribution in [0.15, 0.2) is 85.2 Å². The molecule has 3 N–H and O–H groups in total. The van der Waals surface area contributed by atoms with Gasteiger partial charge in [0.15, 0.2) is 0 Å².